The number of aromatic nitrogens is 1. The standard InChI is InChI=1S/C17H14ClN3O4/c1-24-12-6-4-11(5-7-12)10-19-13-9-15(18)20-16(17(13)21(22)23)14-3-2-8-25-14/h2-9H,10H2,1H3,(H,19,20). The van der Waals surface area contributed by atoms with Gasteiger partial charge in [-0.2, -0.15) is 0 Å². The molecule has 0 atom stereocenters. The van der Waals surface area contributed by atoms with Gasteiger partial charge in [0.1, 0.15) is 16.6 Å². The summed E-state index contributed by atoms with van der Waals surface area (Å²) in [7, 11) is 1.59. The number of furan rings is 1. The molecule has 7 nitrogen and oxygen atoms in total. The van der Waals surface area contributed by atoms with E-state index in [2.05, 4.69) is 10.3 Å². The molecule has 2 heterocycles. The minimum atomic E-state index is -0.502. The number of ether oxygens (including phenoxy) is 1. The van der Waals surface area contributed by atoms with E-state index in [1.54, 1.807) is 19.2 Å². The van der Waals surface area contributed by atoms with Crippen LogP contribution in [0.5, 0.6) is 5.75 Å². The molecule has 0 unspecified atom stereocenters. The predicted octanol–water partition coefficient (Wildman–Crippen LogP) is 4.52. The predicted molar refractivity (Wildman–Crippen MR) is 93.9 cm³/mol. The molecule has 2 aromatic heterocycles. The Kier molecular flexibility index (Phi) is 4.85. The molecule has 0 saturated heterocycles. The molecule has 0 aliphatic rings. The smallest absolute Gasteiger partial charge is 0.321 e. The number of anilines is 1. The van der Waals surface area contributed by atoms with E-state index in [1.165, 1.54) is 12.3 Å². The number of nitro groups is 1. The highest BCUT2D eigenvalue weighted by molar-refractivity contribution is 6.30. The van der Waals surface area contributed by atoms with Crippen LogP contribution in [0.1, 0.15) is 5.56 Å². The van der Waals surface area contributed by atoms with Gasteiger partial charge in [-0.1, -0.05) is 23.7 Å². The van der Waals surface area contributed by atoms with Crippen LogP contribution in [0.15, 0.2) is 53.1 Å². The summed E-state index contributed by atoms with van der Waals surface area (Å²) in [5.41, 5.74) is 1.10. The van der Waals surface area contributed by atoms with Gasteiger partial charge in [0.05, 0.1) is 18.3 Å². The molecule has 1 N–H and O–H groups in total. The summed E-state index contributed by atoms with van der Waals surface area (Å²) in [5.74, 6) is 1.02. The summed E-state index contributed by atoms with van der Waals surface area (Å²) < 4.78 is 10.4. The average molecular weight is 360 g/mol. The van der Waals surface area contributed by atoms with Gasteiger partial charge < -0.3 is 14.5 Å². The summed E-state index contributed by atoms with van der Waals surface area (Å²) in [6, 6.07) is 12.0. The van der Waals surface area contributed by atoms with Gasteiger partial charge in [0, 0.05) is 12.6 Å². The Bertz CT molecular complexity index is 880. The minimum Gasteiger partial charge on any atom is -0.497 e. The Morgan fingerprint density at radius 3 is 2.68 bits per heavy atom. The fraction of sp³-hybridized carbons (Fsp3) is 0.118. The van der Waals surface area contributed by atoms with Crippen molar-refractivity contribution in [3.8, 4) is 17.2 Å². The highest BCUT2D eigenvalue weighted by Crippen LogP contribution is 2.37. The number of nitrogens with one attached hydrogen (secondary N) is 1. The van der Waals surface area contributed by atoms with E-state index in [0.717, 1.165) is 11.3 Å². The van der Waals surface area contributed by atoms with E-state index in [1.807, 2.05) is 24.3 Å². The molecule has 128 valence electrons. The van der Waals surface area contributed by atoms with Gasteiger partial charge in [0.25, 0.3) is 0 Å². The molecule has 0 aliphatic heterocycles. The Balaban J connectivity index is 1.93. The third-order valence-electron chi connectivity index (χ3n) is 3.54. The molecule has 0 aliphatic carbocycles. The maximum Gasteiger partial charge on any atom is 0.321 e. The lowest BCUT2D eigenvalue weighted by Gasteiger charge is -2.10. The topological polar surface area (TPSA) is 90.4 Å². The zero-order chi connectivity index (χ0) is 17.8. The first-order chi connectivity index (χ1) is 12.1. The second-order valence-electron chi connectivity index (χ2n) is 5.13. The van der Waals surface area contributed by atoms with E-state index in [-0.39, 0.29) is 28.0 Å². The zero-order valence-corrected chi connectivity index (χ0v) is 14.0. The first-order valence-electron chi connectivity index (χ1n) is 7.34. The molecule has 0 radical (unpaired) electrons. The summed E-state index contributed by atoms with van der Waals surface area (Å²) >= 11 is 6.03. The van der Waals surface area contributed by atoms with Gasteiger partial charge in [-0.25, -0.2) is 4.98 Å². The number of halogens is 1. The van der Waals surface area contributed by atoms with Crippen LogP contribution in [-0.2, 0) is 6.54 Å². The minimum absolute atomic E-state index is 0.0831. The Morgan fingerprint density at radius 2 is 2.08 bits per heavy atom. The molecule has 25 heavy (non-hydrogen) atoms. The van der Waals surface area contributed by atoms with Crippen molar-refractivity contribution >= 4 is 23.0 Å². The Morgan fingerprint density at radius 1 is 1.32 bits per heavy atom. The number of hydrogen-bond donors (Lipinski definition) is 1. The number of methoxy groups -OCH3 is 1. The lowest BCUT2D eigenvalue weighted by Crippen LogP contribution is -2.05. The van der Waals surface area contributed by atoms with Crippen LogP contribution in [0.4, 0.5) is 11.4 Å². The zero-order valence-electron chi connectivity index (χ0n) is 13.2. The van der Waals surface area contributed by atoms with E-state index >= 15 is 0 Å². The van der Waals surface area contributed by atoms with Crippen molar-refractivity contribution < 1.29 is 14.1 Å². The van der Waals surface area contributed by atoms with Gasteiger partial charge in [0.15, 0.2) is 11.5 Å². The number of benzene rings is 1. The van der Waals surface area contributed by atoms with Gasteiger partial charge in [-0.3, -0.25) is 10.1 Å². The van der Waals surface area contributed by atoms with Gasteiger partial charge in [-0.05, 0) is 29.8 Å². The van der Waals surface area contributed by atoms with Gasteiger partial charge in [0.2, 0.25) is 0 Å². The number of hydrogen-bond acceptors (Lipinski definition) is 6. The highest BCUT2D eigenvalue weighted by Gasteiger charge is 2.25. The second-order valence-corrected chi connectivity index (χ2v) is 5.51. The maximum absolute atomic E-state index is 11.6. The van der Waals surface area contributed by atoms with Crippen LogP contribution in [-0.4, -0.2) is 17.0 Å². The van der Waals surface area contributed by atoms with E-state index in [9.17, 15) is 10.1 Å². The van der Waals surface area contributed by atoms with Gasteiger partial charge in [-0.15, -0.1) is 0 Å². The third-order valence-corrected chi connectivity index (χ3v) is 3.73. The van der Waals surface area contributed by atoms with Crippen molar-refractivity contribution in [1.82, 2.24) is 4.98 Å². The largest absolute Gasteiger partial charge is 0.497 e. The quantitative estimate of drug-likeness (QED) is 0.395. The molecule has 0 spiro atoms. The van der Waals surface area contributed by atoms with Crippen LogP contribution in [0, 0.1) is 10.1 Å². The van der Waals surface area contributed by atoms with E-state index in [4.69, 9.17) is 20.8 Å². The van der Waals surface area contributed by atoms with Crippen molar-refractivity contribution in [3.63, 3.8) is 0 Å². The van der Waals surface area contributed by atoms with Crippen molar-refractivity contribution in [2.75, 3.05) is 12.4 Å². The van der Waals surface area contributed by atoms with Crippen LogP contribution >= 0.6 is 11.6 Å². The molecule has 0 saturated carbocycles. The van der Waals surface area contributed by atoms with E-state index in [0.29, 0.717) is 6.54 Å². The highest BCUT2D eigenvalue weighted by atomic mass is 35.5. The monoisotopic (exact) mass is 359 g/mol. The number of rotatable bonds is 6. The molecule has 0 fully saturated rings. The molecular weight excluding hydrogens is 346 g/mol. The van der Waals surface area contributed by atoms with Crippen molar-refractivity contribution in [1.29, 1.82) is 0 Å². The van der Waals surface area contributed by atoms with Crippen molar-refractivity contribution in [2.45, 2.75) is 6.54 Å². The first-order valence-corrected chi connectivity index (χ1v) is 7.72. The first kappa shape index (κ1) is 16.8. The molecule has 0 bridgehead atoms. The SMILES string of the molecule is COc1ccc(CNc2cc(Cl)nc(-c3ccco3)c2[N+](=O)[O-])cc1. The molecule has 3 aromatic rings. The summed E-state index contributed by atoms with van der Waals surface area (Å²) in [6.45, 7) is 0.378. The van der Waals surface area contributed by atoms with Gasteiger partial charge >= 0.3 is 5.69 Å². The molecule has 0 amide bonds. The Hall–Kier alpha value is -3.06. The summed E-state index contributed by atoms with van der Waals surface area (Å²) in [4.78, 5) is 15.1. The fourth-order valence-electron chi connectivity index (χ4n) is 2.35. The average Bonchev–Trinajstić information content (AvgIpc) is 3.14. The van der Waals surface area contributed by atoms with Crippen LogP contribution in [0.25, 0.3) is 11.5 Å². The molecule has 8 heteroatoms. The number of pyridine rings is 1. The third kappa shape index (κ3) is 3.72. The van der Waals surface area contributed by atoms with Crippen LogP contribution in [0.2, 0.25) is 5.15 Å². The number of nitrogens with zero attached hydrogens (tertiary/aromatic N) is 2. The molecule has 1 aromatic carbocycles. The second kappa shape index (κ2) is 7.23. The summed E-state index contributed by atoms with van der Waals surface area (Å²) in [6.07, 6.45) is 1.42. The van der Waals surface area contributed by atoms with Crippen molar-refractivity contribution in [2.24, 2.45) is 0 Å². The maximum atomic E-state index is 11.6. The normalized spacial score (nSPS) is 10.5. The summed E-state index contributed by atoms with van der Waals surface area (Å²) in [5, 5.41) is 14.7. The van der Waals surface area contributed by atoms with Crippen LogP contribution in [0.3, 0.4) is 0 Å². The Labute approximate surface area is 148 Å². The van der Waals surface area contributed by atoms with E-state index < -0.39 is 4.92 Å². The molecular formula is C17H14ClN3O4. The lowest BCUT2D eigenvalue weighted by atomic mass is 10.2. The van der Waals surface area contributed by atoms with Crippen molar-refractivity contribution in [3.05, 3.63) is 69.6 Å². The van der Waals surface area contributed by atoms with Crippen LogP contribution < -0.4 is 10.1 Å². The molecule has 3 rings (SSSR count). The fourth-order valence-corrected chi connectivity index (χ4v) is 2.55. The lowest BCUT2D eigenvalue weighted by molar-refractivity contribution is -0.383.